The molecule has 1 aromatic carbocycles. The van der Waals surface area contributed by atoms with Crippen molar-refractivity contribution < 1.29 is 9.53 Å². The molecule has 29 heavy (non-hydrogen) atoms. The van der Waals surface area contributed by atoms with Crippen LogP contribution in [0.4, 0.5) is 5.69 Å². The van der Waals surface area contributed by atoms with Crippen LogP contribution < -0.4 is 10.1 Å². The zero-order valence-corrected chi connectivity index (χ0v) is 16.2. The van der Waals surface area contributed by atoms with E-state index in [1.54, 1.807) is 36.8 Å². The molecule has 0 aliphatic rings. The monoisotopic (exact) mass is 387 g/mol. The summed E-state index contributed by atoms with van der Waals surface area (Å²) in [6.07, 6.45) is 4.85. The molecule has 0 unspecified atom stereocenters. The van der Waals surface area contributed by atoms with Crippen molar-refractivity contribution in [1.82, 2.24) is 19.7 Å². The second-order valence-electron chi connectivity index (χ2n) is 6.93. The van der Waals surface area contributed by atoms with Crippen molar-refractivity contribution in [2.75, 3.05) is 5.32 Å². The fourth-order valence-corrected chi connectivity index (χ4v) is 2.92. The molecule has 0 saturated heterocycles. The highest BCUT2D eigenvalue weighted by Crippen LogP contribution is 2.18. The van der Waals surface area contributed by atoms with Crippen LogP contribution in [0.25, 0.3) is 11.0 Å². The Morgan fingerprint density at radius 3 is 2.62 bits per heavy atom. The Morgan fingerprint density at radius 2 is 1.90 bits per heavy atom. The van der Waals surface area contributed by atoms with E-state index in [0.717, 1.165) is 16.6 Å². The number of nitrogens with one attached hydrogen (secondary N) is 1. The third-order valence-electron chi connectivity index (χ3n) is 4.41. The van der Waals surface area contributed by atoms with Gasteiger partial charge in [-0.3, -0.25) is 4.79 Å². The summed E-state index contributed by atoms with van der Waals surface area (Å²) in [6, 6.07) is 15.3. The van der Waals surface area contributed by atoms with Crippen molar-refractivity contribution in [2.45, 2.75) is 26.5 Å². The van der Waals surface area contributed by atoms with E-state index >= 15 is 0 Å². The van der Waals surface area contributed by atoms with Gasteiger partial charge < -0.3 is 10.1 Å². The van der Waals surface area contributed by atoms with Crippen LogP contribution >= 0.6 is 0 Å². The molecule has 0 aliphatic carbocycles. The van der Waals surface area contributed by atoms with Crippen LogP contribution in [0.15, 0.2) is 67.1 Å². The quantitative estimate of drug-likeness (QED) is 0.535. The Hall–Kier alpha value is -3.74. The molecular formula is C22H21N5O2. The largest absolute Gasteiger partial charge is 0.473 e. The summed E-state index contributed by atoms with van der Waals surface area (Å²) in [5, 5.41) is 7.98. The van der Waals surface area contributed by atoms with E-state index in [1.165, 1.54) is 0 Å². The maximum Gasteiger partial charge on any atom is 0.257 e. The number of benzene rings is 1. The summed E-state index contributed by atoms with van der Waals surface area (Å²) in [5.74, 6) is 0.243. The number of nitrogens with zero attached hydrogens (tertiary/aromatic N) is 4. The molecule has 0 bridgehead atoms. The van der Waals surface area contributed by atoms with Gasteiger partial charge in [0.1, 0.15) is 6.61 Å². The number of amides is 1. The Morgan fingerprint density at radius 1 is 1.07 bits per heavy atom. The third kappa shape index (κ3) is 4.24. The number of rotatable bonds is 6. The van der Waals surface area contributed by atoms with Crippen LogP contribution in [0, 0.1) is 0 Å². The Kier molecular flexibility index (Phi) is 5.20. The molecule has 0 aliphatic heterocycles. The number of hydrogen-bond acceptors (Lipinski definition) is 5. The molecule has 0 fully saturated rings. The molecule has 4 rings (SSSR count). The molecule has 0 atom stereocenters. The topological polar surface area (TPSA) is 81.9 Å². The van der Waals surface area contributed by atoms with Crippen LogP contribution in [0.5, 0.6) is 5.88 Å². The maximum absolute atomic E-state index is 12.6. The number of fused-ring (bicyclic) bond motifs is 1. The minimum atomic E-state index is -0.253. The van der Waals surface area contributed by atoms with Gasteiger partial charge in [0.25, 0.3) is 5.91 Å². The fraction of sp³-hybridized carbons (Fsp3) is 0.182. The van der Waals surface area contributed by atoms with Crippen molar-refractivity contribution in [3.8, 4) is 5.88 Å². The Labute approximate surface area is 168 Å². The van der Waals surface area contributed by atoms with Gasteiger partial charge in [0.2, 0.25) is 5.88 Å². The lowest BCUT2D eigenvalue weighted by atomic mass is 10.2. The number of pyridine rings is 2. The Balaban J connectivity index is 1.41. The first-order valence-electron chi connectivity index (χ1n) is 9.37. The smallest absolute Gasteiger partial charge is 0.257 e. The van der Waals surface area contributed by atoms with E-state index in [-0.39, 0.29) is 11.9 Å². The molecular weight excluding hydrogens is 366 g/mol. The van der Waals surface area contributed by atoms with Gasteiger partial charge in [-0.15, -0.1) is 0 Å². The summed E-state index contributed by atoms with van der Waals surface area (Å²) in [4.78, 5) is 21.2. The van der Waals surface area contributed by atoms with E-state index in [1.807, 2.05) is 48.9 Å². The maximum atomic E-state index is 12.6. The Bertz CT molecular complexity index is 1120. The SMILES string of the molecule is CC(C)n1ncc2cc(C(=O)Nc3ccc(OCc4ccccc4)nc3)cnc21. The van der Waals surface area contributed by atoms with Gasteiger partial charge in [0.05, 0.1) is 23.6 Å². The van der Waals surface area contributed by atoms with Crippen LogP contribution in [0.3, 0.4) is 0 Å². The van der Waals surface area contributed by atoms with E-state index in [0.29, 0.717) is 23.7 Å². The van der Waals surface area contributed by atoms with Crippen LogP contribution in [-0.2, 0) is 6.61 Å². The zero-order chi connectivity index (χ0) is 20.2. The molecule has 0 radical (unpaired) electrons. The second-order valence-corrected chi connectivity index (χ2v) is 6.93. The third-order valence-corrected chi connectivity index (χ3v) is 4.41. The number of carbonyl (C=O) groups excluding carboxylic acids is 1. The molecule has 3 aromatic heterocycles. The first kappa shape index (κ1) is 18.6. The van der Waals surface area contributed by atoms with Gasteiger partial charge >= 0.3 is 0 Å². The van der Waals surface area contributed by atoms with Crippen molar-refractivity contribution >= 4 is 22.6 Å². The van der Waals surface area contributed by atoms with Crippen LogP contribution in [0.2, 0.25) is 0 Å². The molecule has 3 heterocycles. The number of aromatic nitrogens is 4. The average Bonchev–Trinajstić information content (AvgIpc) is 3.17. The van der Waals surface area contributed by atoms with Gasteiger partial charge in [-0.25, -0.2) is 14.6 Å². The lowest BCUT2D eigenvalue weighted by molar-refractivity contribution is 0.102. The van der Waals surface area contributed by atoms with E-state index in [9.17, 15) is 4.79 Å². The number of ether oxygens (including phenoxy) is 1. The highest BCUT2D eigenvalue weighted by molar-refractivity contribution is 6.05. The van der Waals surface area contributed by atoms with Crippen LogP contribution in [0.1, 0.15) is 35.8 Å². The lowest BCUT2D eigenvalue weighted by Gasteiger charge is -2.08. The molecule has 1 N–H and O–H groups in total. The molecule has 4 aromatic rings. The number of hydrogen-bond donors (Lipinski definition) is 1. The predicted octanol–water partition coefficient (Wildman–Crippen LogP) is 4.24. The summed E-state index contributed by atoms with van der Waals surface area (Å²) in [5.41, 5.74) is 2.87. The number of anilines is 1. The summed E-state index contributed by atoms with van der Waals surface area (Å²) >= 11 is 0. The first-order chi connectivity index (χ1) is 14.1. The summed E-state index contributed by atoms with van der Waals surface area (Å²) in [7, 11) is 0. The minimum absolute atomic E-state index is 0.202. The van der Waals surface area contributed by atoms with Gasteiger partial charge in [-0.2, -0.15) is 5.10 Å². The van der Waals surface area contributed by atoms with Crippen LogP contribution in [-0.4, -0.2) is 25.7 Å². The van der Waals surface area contributed by atoms with E-state index < -0.39 is 0 Å². The number of carbonyl (C=O) groups is 1. The highest BCUT2D eigenvalue weighted by Gasteiger charge is 2.12. The van der Waals surface area contributed by atoms with Gasteiger partial charge in [-0.1, -0.05) is 30.3 Å². The average molecular weight is 387 g/mol. The summed E-state index contributed by atoms with van der Waals surface area (Å²) < 4.78 is 7.49. The van der Waals surface area contributed by atoms with Gasteiger partial charge in [0, 0.05) is 23.7 Å². The van der Waals surface area contributed by atoms with Crippen molar-refractivity contribution in [3.05, 3.63) is 78.2 Å². The van der Waals surface area contributed by atoms with Gasteiger partial charge in [-0.05, 0) is 31.5 Å². The molecule has 7 heteroatoms. The standard InChI is InChI=1S/C22H21N5O2/c1-15(2)27-21-17(12-25-27)10-18(11-24-21)22(28)26-19-8-9-20(23-13-19)29-14-16-6-4-3-5-7-16/h3-13,15H,14H2,1-2H3,(H,26,28). The summed E-state index contributed by atoms with van der Waals surface area (Å²) in [6.45, 7) is 4.51. The first-order valence-corrected chi connectivity index (χ1v) is 9.37. The molecule has 0 saturated carbocycles. The normalized spacial score (nSPS) is 11.0. The fourth-order valence-electron chi connectivity index (χ4n) is 2.92. The predicted molar refractivity (Wildman–Crippen MR) is 111 cm³/mol. The second kappa shape index (κ2) is 8.10. The van der Waals surface area contributed by atoms with Crippen molar-refractivity contribution in [3.63, 3.8) is 0 Å². The molecule has 1 amide bonds. The van der Waals surface area contributed by atoms with E-state index in [4.69, 9.17) is 4.74 Å². The molecule has 146 valence electrons. The van der Waals surface area contributed by atoms with Gasteiger partial charge in [0.15, 0.2) is 5.65 Å². The van der Waals surface area contributed by atoms with Crippen molar-refractivity contribution in [1.29, 1.82) is 0 Å². The molecule has 7 nitrogen and oxygen atoms in total. The van der Waals surface area contributed by atoms with E-state index in [2.05, 4.69) is 20.4 Å². The minimum Gasteiger partial charge on any atom is -0.473 e. The van der Waals surface area contributed by atoms with Crippen molar-refractivity contribution in [2.24, 2.45) is 0 Å². The molecule has 0 spiro atoms. The lowest BCUT2D eigenvalue weighted by Crippen LogP contribution is -2.12. The highest BCUT2D eigenvalue weighted by atomic mass is 16.5. The zero-order valence-electron chi connectivity index (χ0n) is 16.2.